The minimum absolute atomic E-state index is 0.0140. The zero-order chi connectivity index (χ0) is 25.1. The molecule has 0 spiro atoms. The van der Waals surface area contributed by atoms with Gasteiger partial charge < -0.3 is 9.84 Å². The first-order valence-electron chi connectivity index (χ1n) is 10.2. The molecule has 0 fully saturated rings. The predicted molar refractivity (Wildman–Crippen MR) is 121 cm³/mol. The van der Waals surface area contributed by atoms with Crippen LogP contribution >= 0.6 is 0 Å². The Kier molecular flexibility index (Phi) is 7.21. The number of benzene rings is 3. The third-order valence-electron chi connectivity index (χ3n) is 4.98. The first-order valence-corrected chi connectivity index (χ1v) is 11.6. The van der Waals surface area contributed by atoms with Gasteiger partial charge in [0.05, 0.1) is 21.7 Å². The summed E-state index contributed by atoms with van der Waals surface area (Å²) in [4.78, 5) is 11.0. The molecule has 34 heavy (non-hydrogen) atoms. The fourth-order valence-electron chi connectivity index (χ4n) is 3.21. The minimum atomic E-state index is -4.66. The second-order valence-electron chi connectivity index (χ2n) is 7.80. The maximum absolute atomic E-state index is 13.3. The molecule has 6 nitrogen and oxygen atoms in total. The molecule has 0 saturated heterocycles. The highest BCUT2D eigenvalue weighted by molar-refractivity contribution is 7.92. The molecule has 180 valence electrons. The van der Waals surface area contributed by atoms with Crippen LogP contribution in [0.15, 0.2) is 71.6 Å². The van der Waals surface area contributed by atoms with Gasteiger partial charge in [0.2, 0.25) is 0 Å². The number of rotatable bonds is 8. The highest BCUT2D eigenvalue weighted by Gasteiger charge is 2.32. The average Bonchev–Trinajstić information content (AvgIpc) is 2.77. The van der Waals surface area contributed by atoms with Crippen LogP contribution in [0, 0.1) is 0 Å². The average molecular weight is 494 g/mol. The standard InChI is InChI=1S/C24H22F3NO5S/c1-15(2)19-5-3-4-6-22(19)34(31,32)28-20-12-11-18(24(25,26)27)13-21(20)33-14-16-7-9-17(10-8-16)23(29)30/h3-13,15,28H,14H2,1-2H3,(H,29,30). The van der Waals surface area contributed by atoms with E-state index in [0.717, 1.165) is 18.2 Å². The van der Waals surface area contributed by atoms with Gasteiger partial charge in [0.15, 0.2) is 0 Å². The van der Waals surface area contributed by atoms with Crippen LogP contribution in [0.5, 0.6) is 5.75 Å². The molecule has 0 amide bonds. The monoisotopic (exact) mass is 493 g/mol. The van der Waals surface area contributed by atoms with Crippen LogP contribution < -0.4 is 9.46 Å². The SMILES string of the molecule is CC(C)c1ccccc1S(=O)(=O)Nc1ccc(C(F)(F)F)cc1OCc1ccc(C(=O)O)cc1. The molecule has 10 heteroatoms. The number of hydrogen-bond donors (Lipinski definition) is 2. The number of alkyl halides is 3. The van der Waals surface area contributed by atoms with E-state index in [1.165, 1.54) is 30.3 Å². The molecule has 0 aliphatic rings. The van der Waals surface area contributed by atoms with Gasteiger partial charge in [-0.25, -0.2) is 13.2 Å². The van der Waals surface area contributed by atoms with Gasteiger partial charge >= 0.3 is 12.1 Å². The predicted octanol–water partition coefficient (Wildman–Crippen LogP) is 5.91. The second-order valence-corrected chi connectivity index (χ2v) is 9.45. The lowest BCUT2D eigenvalue weighted by Gasteiger charge is -2.18. The molecule has 3 aromatic rings. The number of anilines is 1. The largest absolute Gasteiger partial charge is 0.487 e. The Hall–Kier alpha value is -3.53. The van der Waals surface area contributed by atoms with Crippen LogP contribution in [-0.4, -0.2) is 19.5 Å². The quantitative estimate of drug-likeness (QED) is 0.407. The molecule has 0 aromatic heterocycles. The van der Waals surface area contributed by atoms with Gasteiger partial charge in [0, 0.05) is 0 Å². The van der Waals surface area contributed by atoms with Crippen molar-refractivity contribution in [1.29, 1.82) is 0 Å². The summed E-state index contributed by atoms with van der Waals surface area (Å²) in [5.41, 5.74) is -0.0765. The molecular formula is C24H22F3NO5S. The molecule has 0 heterocycles. The van der Waals surface area contributed by atoms with Crippen molar-refractivity contribution >= 4 is 21.7 Å². The zero-order valence-electron chi connectivity index (χ0n) is 18.3. The van der Waals surface area contributed by atoms with Crippen LogP contribution in [0.1, 0.15) is 46.8 Å². The molecule has 0 saturated carbocycles. The number of carbonyl (C=O) groups is 1. The lowest BCUT2D eigenvalue weighted by atomic mass is 10.0. The van der Waals surface area contributed by atoms with E-state index in [1.54, 1.807) is 18.2 Å². The maximum Gasteiger partial charge on any atom is 0.416 e. The summed E-state index contributed by atoms with van der Waals surface area (Å²) in [5, 5.41) is 8.98. The van der Waals surface area contributed by atoms with Crippen molar-refractivity contribution in [3.63, 3.8) is 0 Å². The van der Waals surface area contributed by atoms with Crippen LogP contribution in [0.25, 0.3) is 0 Å². The van der Waals surface area contributed by atoms with Gasteiger partial charge in [-0.3, -0.25) is 4.72 Å². The highest BCUT2D eigenvalue weighted by Crippen LogP contribution is 2.37. The Labute approximate surface area is 195 Å². The zero-order valence-corrected chi connectivity index (χ0v) is 19.1. The first kappa shape index (κ1) is 25.1. The van der Waals surface area contributed by atoms with Crippen molar-refractivity contribution in [1.82, 2.24) is 0 Å². The van der Waals surface area contributed by atoms with Gasteiger partial charge in [-0.1, -0.05) is 44.2 Å². The van der Waals surface area contributed by atoms with E-state index in [-0.39, 0.29) is 34.4 Å². The number of nitrogens with one attached hydrogen (secondary N) is 1. The summed E-state index contributed by atoms with van der Waals surface area (Å²) in [6.45, 7) is 3.45. The van der Waals surface area contributed by atoms with E-state index < -0.39 is 27.7 Å². The summed E-state index contributed by atoms with van der Waals surface area (Å²) >= 11 is 0. The van der Waals surface area contributed by atoms with Crippen molar-refractivity contribution in [3.05, 3.63) is 89.0 Å². The van der Waals surface area contributed by atoms with E-state index in [4.69, 9.17) is 9.84 Å². The first-order chi connectivity index (χ1) is 15.9. The maximum atomic E-state index is 13.3. The van der Waals surface area contributed by atoms with E-state index >= 15 is 0 Å². The number of hydrogen-bond acceptors (Lipinski definition) is 4. The Morgan fingerprint density at radius 1 is 1.03 bits per heavy atom. The molecule has 0 unspecified atom stereocenters. The summed E-state index contributed by atoms with van der Waals surface area (Å²) < 4.78 is 73.9. The van der Waals surface area contributed by atoms with E-state index in [9.17, 15) is 26.4 Å². The van der Waals surface area contributed by atoms with Crippen molar-refractivity contribution in [2.45, 2.75) is 37.4 Å². The second kappa shape index (κ2) is 9.76. The van der Waals surface area contributed by atoms with Crippen LogP contribution in [0.3, 0.4) is 0 Å². The van der Waals surface area contributed by atoms with Crippen molar-refractivity contribution in [2.75, 3.05) is 4.72 Å². The van der Waals surface area contributed by atoms with E-state index in [2.05, 4.69) is 4.72 Å². The van der Waals surface area contributed by atoms with Gasteiger partial charge in [0.1, 0.15) is 12.4 Å². The molecule has 3 rings (SSSR count). The van der Waals surface area contributed by atoms with E-state index in [1.807, 2.05) is 13.8 Å². The number of aromatic carboxylic acids is 1. The topological polar surface area (TPSA) is 92.7 Å². The summed E-state index contributed by atoms with van der Waals surface area (Å²) in [6, 6.07) is 14.4. The smallest absolute Gasteiger partial charge is 0.416 e. The molecule has 0 aliphatic carbocycles. The summed E-state index contributed by atoms with van der Waals surface area (Å²) in [5.74, 6) is -1.55. The minimum Gasteiger partial charge on any atom is -0.487 e. The molecule has 0 radical (unpaired) electrons. The van der Waals surface area contributed by atoms with Crippen molar-refractivity contribution < 1.29 is 36.2 Å². The fourth-order valence-corrected chi connectivity index (χ4v) is 4.65. The number of sulfonamides is 1. The van der Waals surface area contributed by atoms with E-state index in [0.29, 0.717) is 11.1 Å². The number of halogens is 3. The van der Waals surface area contributed by atoms with Crippen LogP contribution in [0.4, 0.5) is 18.9 Å². The summed E-state index contributed by atoms with van der Waals surface area (Å²) in [6.07, 6.45) is -4.66. The fraction of sp³-hybridized carbons (Fsp3) is 0.208. The third kappa shape index (κ3) is 5.88. The molecule has 0 bridgehead atoms. The van der Waals surface area contributed by atoms with Crippen molar-refractivity contribution in [3.8, 4) is 5.75 Å². The highest BCUT2D eigenvalue weighted by atomic mass is 32.2. The Morgan fingerprint density at radius 2 is 1.68 bits per heavy atom. The molecule has 0 atom stereocenters. The van der Waals surface area contributed by atoms with Gasteiger partial charge in [-0.2, -0.15) is 13.2 Å². The van der Waals surface area contributed by atoms with Gasteiger partial charge in [0.25, 0.3) is 10.0 Å². The Bertz CT molecular complexity index is 1290. The Morgan fingerprint density at radius 3 is 2.26 bits per heavy atom. The summed E-state index contributed by atoms with van der Waals surface area (Å²) in [7, 11) is -4.13. The third-order valence-corrected chi connectivity index (χ3v) is 6.42. The molecular weight excluding hydrogens is 471 g/mol. The van der Waals surface area contributed by atoms with Gasteiger partial charge in [-0.15, -0.1) is 0 Å². The Balaban J connectivity index is 1.95. The number of carboxylic acid groups (broad SMARTS) is 1. The molecule has 3 aromatic carbocycles. The van der Waals surface area contributed by atoms with Crippen LogP contribution in [0.2, 0.25) is 0 Å². The molecule has 0 aliphatic heterocycles. The number of ether oxygens (including phenoxy) is 1. The normalized spacial score (nSPS) is 11.9. The lowest BCUT2D eigenvalue weighted by molar-refractivity contribution is -0.137. The van der Waals surface area contributed by atoms with Crippen LogP contribution in [-0.2, 0) is 22.8 Å². The number of carboxylic acids is 1. The molecule has 2 N–H and O–H groups in total. The van der Waals surface area contributed by atoms with Crippen molar-refractivity contribution in [2.24, 2.45) is 0 Å². The lowest BCUT2D eigenvalue weighted by Crippen LogP contribution is -2.17. The van der Waals surface area contributed by atoms with Gasteiger partial charge in [-0.05, 0) is 53.4 Å².